The van der Waals surface area contributed by atoms with Gasteiger partial charge in [-0.15, -0.1) is 0 Å². The van der Waals surface area contributed by atoms with Crippen molar-refractivity contribution in [3.05, 3.63) is 163 Å². The highest BCUT2D eigenvalue weighted by atomic mass is 15.0. The average Bonchev–Trinajstić information content (AvgIpc) is 3.62. The van der Waals surface area contributed by atoms with E-state index in [-0.39, 0.29) is 0 Å². The van der Waals surface area contributed by atoms with Crippen LogP contribution in [-0.2, 0) is 19.4 Å². The number of fused-ring (bicyclic) bond motifs is 9. The first-order chi connectivity index (χ1) is 23.1. The zero-order valence-electron chi connectivity index (χ0n) is 27.1. The zero-order valence-corrected chi connectivity index (χ0v) is 27.1. The normalized spacial score (nSPS) is 13.6. The molecule has 0 unspecified atom stereocenters. The Balaban J connectivity index is 1.32. The molecule has 0 atom stereocenters. The molecule has 0 bridgehead atoms. The average molecular weight is 607 g/mol. The van der Waals surface area contributed by atoms with Crippen LogP contribution in [0.1, 0.15) is 30.5 Å². The summed E-state index contributed by atoms with van der Waals surface area (Å²) in [6, 6.07) is 34.1. The first-order valence-electron chi connectivity index (χ1n) is 16.5. The van der Waals surface area contributed by atoms with E-state index >= 15 is 0 Å². The van der Waals surface area contributed by atoms with E-state index in [9.17, 15) is 0 Å². The van der Waals surface area contributed by atoms with Gasteiger partial charge in [0.2, 0.25) is 0 Å². The highest BCUT2D eigenvalue weighted by molar-refractivity contribution is 6.13. The number of aromatic nitrogens is 2. The zero-order chi connectivity index (χ0) is 32.1. The van der Waals surface area contributed by atoms with Gasteiger partial charge in [0.1, 0.15) is 0 Å². The second-order valence-corrected chi connectivity index (χ2v) is 12.7. The van der Waals surface area contributed by atoms with Crippen LogP contribution in [0.25, 0.3) is 71.4 Å². The van der Waals surface area contributed by atoms with E-state index < -0.39 is 0 Å². The number of nitrogens with one attached hydrogen (secondary N) is 1. The van der Waals surface area contributed by atoms with E-state index in [0.717, 1.165) is 19.4 Å². The molecule has 0 saturated carbocycles. The third-order valence-electron chi connectivity index (χ3n) is 9.87. The molecule has 2 heteroatoms. The summed E-state index contributed by atoms with van der Waals surface area (Å²) in [6.07, 6.45) is 14.4. The molecule has 0 spiro atoms. The van der Waals surface area contributed by atoms with Crippen LogP contribution in [0.4, 0.5) is 0 Å². The summed E-state index contributed by atoms with van der Waals surface area (Å²) in [5.41, 5.74) is 16.5. The van der Waals surface area contributed by atoms with Gasteiger partial charge in [-0.25, -0.2) is 0 Å². The van der Waals surface area contributed by atoms with Crippen LogP contribution in [0.5, 0.6) is 0 Å². The Hall–Kier alpha value is -5.60. The van der Waals surface area contributed by atoms with Crippen molar-refractivity contribution in [1.82, 2.24) is 9.55 Å². The van der Waals surface area contributed by atoms with E-state index in [0.29, 0.717) is 0 Å². The standard InChI is InChI=1S/C45H38N2/c1-5-11-30(12-6-2)32-17-19-42-38(23-32)39-25-34-15-16-35-26-41-40-24-33(31-13-9-8-10-14-31)18-20-44(40)47(22-21-29(4)7-3)45(41)28-37(35)36(34)27-43(39)46-42/h5-14,17-21,23-28,46H,1,3,15-16,22H2,2,4H3/b12-6-,29-21-,30-11+. The minimum atomic E-state index is 0.799. The van der Waals surface area contributed by atoms with Gasteiger partial charge in [0.05, 0.1) is 5.52 Å². The molecule has 0 amide bonds. The SMILES string of the molecule is C=C/C=C(\C=C/C)c1ccc2[nH]c3cc4c(cc3c2c1)CCc1cc2c3cc(-c5ccccc5)ccc3n(C/C=C(/C)C=C)c2cc1-4. The van der Waals surface area contributed by atoms with Crippen LogP contribution in [0.15, 0.2) is 146 Å². The minimum absolute atomic E-state index is 0.799. The molecule has 0 radical (unpaired) electrons. The molecule has 2 nitrogen and oxygen atoms in total. The summed E-state index contributed by atoms with van der Waals surface area (Å²) >= 11 is 0. The van der Waals surface area contributed by atoms with Crippen LogP contribution in [-0.4, -0.2) is 9.55 Å². The van der Waals surface area contributed by atoms with Gasteiger partial charge in [0.25, 0.3) is 0 Å². The Morgan fingerprint density at radius 1 is 0.745 bits per heavy atom. The van der Waals surface area contributed by atoms with Crippen molar-refractivity contribution in [2.75, 3.05) is 0 Å². The number of hydrogen-bond donors (Lipinski definition) is 1. The lowest BCUT2D eigenvalue weighted by Gasteiger charge is -2.21. The fraction of sp³-hybridized carbons (Fsp3) is 0.111. The Morgan fingerprint density at radius 2 is 1.49 bits per heavy atom. The van der Waals surface area contributed by atoms with Crippen molar-refractivity contribution in [2.45, 2.75) is 33.2 Å². The van der Waals surface area contributed by atoms with Crippen LogP contribution in [0, 0.1) is 0 Å². The van der Waals surface area contributed by atoms with Crippen molar-refractivity contribution in [1.29, 1.82) is 0 Å². The van der Waals surface area contributed by atoms with Gasteiger partial charge in [-0.3, -0.25) is 0 Å². The first-order valence-corrected chi connectivity index (χ1v) is 16.5. The molecule has 1 aliphatic rings. The number of H-pyrrole nitrogens is 1. The number of aryl methyl sites for hydroxylation is 2. The van der Waals surface area contributed by atoms with E-state index in [1.807, 2.05) is 12.2 Å². The van der Waals surface area contributed by atoms with Crippen molar-refractivity contribution in [3.8, 4) is 22.3 Å². The minimum Gasteiger partial charge on any atom is -0.354 e. The number of nitrogens with zero attached hydrogens (tertiary/aromatic N) is 1. The molecule has 5 aromatic carbocycles. The monoisotopic (exact) mass is 606 g/mol. The van der Waals surface area contributed by atoms with Gasteiger partial charge < -0.3 is 9.55 Å². The summed E-state index contributed by atoms with van der Waals surface area (Å²) in [5.74, 6) is 0. The lowest BCUT2D eigenvalue weighted by molar-refractivity contribution is 0.891. The molecule has 47 heavy (non-hydrogen) atoms. The van der Waals surface area contributed by atoms with E-state index in [1.54, 1.807) is 0 Å². The van der Waals surface area contributed by atoms with Gasteiger partial charge in [0.15, 0.2) is 0 Å². The summed E-state index contributed by atoms with van der Waals surface area (Å²) < 4.78 is 2.48. The van der Waals surface area contributed by atoms with Crippen LogP contribution in [0.3, 0.4) is 0 Å². The molecule has 2 heterocycles. The number of benzene rings is 5. The second-order valence-electron chi connectivity index (χ2n) is 12.7. The Kier molecular flexibility index (Phi) is 7.14. The smallest absolute Gasteiger partial charge is 0.0500 e. The highest BCUT2D eigenvalue weighted by Gasteiger charge is 2.22. The summed E-state index contributed by atoms with van der Waals surface area (Å²) in [7, 11) is 0. The Morgan fingerprint density at radius 3 is 2.26 bits per heavy atom. The molecule has 228 valence electrons. The maximum atomic E-state index is 3.99. The Labute approximate surface area is 276 Å². The largest absolute Gasteiger partial charge is 0.354 e. The lowest BCUT2D eigenvalue weighted by Crippen LogP contribution is -2.04. The van der Waals surface area contributed by atoms with Crippen LogP contribution < -0.4 is 0 Å². The molecule has 1 N–H and O–H groups in total. The Bertz CT molecular complexity index is 2470. The highest BCUT2D eigenvalue weighted by Crippen LogP contribution is 2.42. The first kappa shape index (κ1) is 28.8. The summed E-state index contributed by atoms with van der Waals surface area (Å²) in [6.45, 7) is 12.9. The van der Waals surface area contributed by atoms with Crippen molar-refractivity contribution in [3.63, 3.8) is 0 Å². The second kappa shape index (κ2) is 11.6. The maximum Gasteiger partial charge on any atom is 0.0500 e. The quantitative estimate of drug-likeness (QED) is 0.174. The van der Waals surface area contributed by atoms with Crippen LogP contribution in [0.2, 0.25) is 0 Å². The number of aromatic amines is 1. The van der Waals surface area contributed by atoms with Gasteiger partial charge in [0, 0.05) is 44.6 Å². The topological polar surface area (TPSA) is 20.7 Å². The van der Waals surface area contributed by atoms with Gasteiger partial charge >= 0.3 is 0 Å². The van der Waals surface area contributed by atoms with E-state index in [1.165, 1.54) is 93.7 Å². The number of hydrogen-bond acceptors (Lipinski definition) is 0. The van der Waals surface area contributed by atoms with Gasteiger partial charge in [-0.2, -0.15) is 0 Å². The molecule has 8 rings (SSSR count). The van der Waals surface area contributed by atoms with Crippen molar-refractivity contribution < 1.29 is 0 Å². The molecule has 0 aliphatic heterocycles. The molecule has 0 saturated heterocycles. The van der Waals surface area contributed by atoms with E-state index in [2.05, 4.69) is 152 Å². The van der Waals surface area contributed by atoms with Crippen molar-refractivity contribution in [2.24, 2.45) is 0 Å². The molecule has 7 aromatic rings. The van der Waals surface area contributed by atoms with Gasteiger partial charge in [-0.1, -0.05) is 97.7 Å². The number of rotatable bonds is 7. The summed E-state index contributed by atoms with van der Waals surface area (Å²) in [5, 5.41) is 5.19. The molecular weight excluding hydrogens is 569 g/mol. The predicted molar refractivity (Wildman–Crippen MR) is 204 cm³/mol. The number of allylic oxidation sites excluding steroid dienone is 8. The fourth-order valence-electron chi connectivity index (χ4n) is 7.43. The van der Waals surface area contributed by atoms with E-state index in [4.69, 9.17) is 0 Å². The molecule has 1 aliphatic carbocycles. The van der Waals surface area contributed by atoms with Gasteiger partial charge in [-0.05, 0) is 120 Å². The summed E-state index contributed by atoms with van der Waals surface area (Å²) in [4.78, 5) is 3.74. The third kappa shape index (κ3) is 4.89. The molecule has 2 aromatic heterocycles. The fourth-order valence-corrected chi connectivity index (χ4v) is 7.43. The maximum absolute atomic E-state index is 3.99. The third-order valence-corrected chi connectivity index (χ3v) is 9.87. The van der Waals surface area contributed by atoms with Crippen LogP contribution >= 0.6 is 0 Å². The predicted octanol–water partition coefficient (Wildman–Crippen LogP) is 12.1. The van der Waals surface area contributed by atoms with Crippen molar-refractivity contribution >= 4 is 49.2 Å². The molecule has 0 fully saturated rings. The lowest BCUT2D eigenvalue weighted by atomic mass is 9.84. The molecular formula is C45H38N2.